The lowest BCUT2D eigenvalue weighted by Gasteiger charge is -2.34. The number of carbonyl (C=O) groups is 2. The van der Waals surface area contributed by atoms with Crippen LogP contribution in [0.5, 0.6) is 0 Å². The summed E-state index contributed by atoms with van der Waals surface area (Å²) in [5.41, 5.74) is 1.34. The van der Waals surface area contributed by atoms with Crippen molar-refractivity contribution in [1.82, 2.24) is 10.2 Å². The highest BCUT2D eigenvalue weighted by atomic mass is 32.2. The van der Waals surface area contributed by atoms with E-state index in [1.165, 1.54) is 4.90 Å². The summed E-state index contributed by atoms with van der Waals surface area (Å²) < 4.78 is 53.5. The topological polar surface area (TPSA) is 86.8 Å². The third-order valence-corrected chi connectivity index (χ3v) is 6.91. The minimum Gasteiger partial charge on any atom is -0.352 e. The molecule has 3 aromatic rings. The van der Waals surface area contributed by atoms with Crippen molar-refractivity contribution in [3.8, 4) is 0 Å². The van der Waals surface area contributed by atoms with E-state index in [0.29, 0.717) is 4.31 Å². The van der Waals surface area contributed by atoms with E-state index in [1.54, 1.807) is 38.1 Å². The first-order valence-electron chi connectivity index (χ1n) is 12.1. The number of carbonyl (C=O) groups excluding carboxylic acids is 2. The maximum Gasteiger partial charge on any atom is 0.244 e. The third-order valence-electron chi connectivity index (χ3n) is 5.77. The van der Waals surface area contributed by atoms with Crippen LogP contribution in [0.25, 0.3) is 0 Å². The Kier molecular flexibility index (Phi) is 9.57. The molecule has 3 rings (SSSR count). The summed E-state index contributed by atoms with van der Waals surface area (Å²) in [6.45, 7) is 2.92. The molecule has 0 bridgehead atoms. The van der Waals surface area contributed by atoms with Gasteiger partial charge in [0.2, 0.25) is 21.8 Å². The summed E-state index contributed by atoms with van der Waals surface area (Å²) in [7, 11) is -4.08. The molecular weight excluding hydrogens is 512 g/mol. The minimum atomic E-state index is -4.08. The van der Waals surface area contributed by atoms with Gasteiger partial charge in [-0.3, -0.25) is 13.9 Å². The molecular formula is C28H31F2N3O4S. The van der Waals surface area contributed by atoms with Crippen LogP contribution in [0.3, 0.4) is 0 Å². The van der Waals surface area contributed by atoms with E-state index in [4.69, 9.17) is 0 Å². The van der Waals surface area contributed by atoms with E-state index >= 15 is 0 Å². The molecule has 1 unspecified atom stereocenters. The molecule has 0 radical (unpaired) electrons. The molecule has 202 valence electrons. The van der Waals surface area contributed by atoms with E-state index < -0.39 is 46.1 Å². The Bertz CT molecular complexity index is 1350. The summed E-state index contributed by atoms with van der Waals surface area (Å²) in [5, 5.41) is 2.86. The van der Waals surface area contributed by atoms with Crippen molar-refractivity contribution < 1.29 is 26.8 Å². The van der Waals surface area contributed by atoms with Crippen LogP contribution in [0.2, 0.25) is 0 Å². The van der Waals surface area contributed by atoms with Gasteiger partial charge in [-0.2, -0.15) is 0 Å². The predicted molar refractivity (Wildman–Crippen MR) is 143 cm³/mol. The standard InChI is InChI=1S/C28H31F2N3O4S/c1-20(2)31-28(35)26(16-21-10-6-4-7-11-21)32(18-22-12-8-5-9-13-22)27(34)19-33(38(3,36)37)23-14-15-24(29)25(30)17-23/h4-15,17,20,26H,16,18-19H2,1-3H3,(H,31,35). The molecule has 2 amide bonds. The van der Waals surface area contributed by atoms with E-state index in [1.807, 2.05) is 36.4 Å². The Hall–Kier alpha value is -3.79. The molecule has 10 heteroatoms. The maximum atomic E-state index is 14.0. The van der Waals surface area contributed by atoms with Crippen molar-refractivity contribution in [3.63, 3.8) is 0 Å². The second kappa shape index (κ2) is 12.6. The van der Waals surface area contributed by atoms with E-state index in [9.17, 15) is 26.8 Å². The van der Waals surface area contributed by atoms with Gasteiger partial charge < -0.3 is 10.2 Å². The number of hydrogen-bond donors (Lipinski definition) is 1. The Balaban J connectivity index is 2.04. The van der Waals surface area contributed by atoms with Crippen LogP contribution in [0.15, 0.2) is 78.9 Å². The number of rotatable bonds is 11. The Morgan fingerprint density at radius 1 is 0.868 bits per heavy atom. The number of benzene rings is 3. The summed E-state index contributed by atoms with van der Waals surface area (Å²) in [6.07, 6.45) is 1.05. The van der Waals surface area contributed by atoms with Crippen LogP contribution < -0.4 is 9.62 Å². The molecule has 38 heavy (non-hydrogen) atoms. The zero-order valence-electron chi connectivity index (χ0n) is 21.5. The molecule has 0 heterocycles. The highest BCUT2D eigenvalue weighted by Crippen LogP contribution is 2.22. The molecule has 0 aliphatic carbocycles. The normalized spacial score (nSPS) is 12.2. The van der Waals surface area contributed by atoms with Crippen LogP contribution in [0.4, 0.5) is 14.5 Å². The van der Waals surface area contributed by atoms with Crippen molar-refractivity contribution in [3.05, 3.63) is 102 Å². The molecule has 0 aromatic heterocycles. The zero-order chi connectivity index (χ0) is 27.9. The maximum absolute atomic E-state index is 14.0. The zero-order valence-corrected chi connectivity index (χ0v) is 22.3. The van der Waals surface area contributed by atoms with Crippen LogP contribution in [-0.2, 0) is 32.6 Å². The first-order valence-corrected chi connectivity index (χ1v) is 13.9. The van der Waals surface area contributed by atoms with Gasteiger partial charge in [0, 0.05) is 25.1 Å². The van der Waals surface area contributed by atoms with E-state index in [0.717, 1.165) is 35.6 Å². The van der Waals surface area contributed by atoms with Gasteiger partial charge in [0.15, 0.2) is 11.6 Å². The fraction of sp³-hybridized carbons (Fsp3) is 0.286. The molecule has 0 spiro atoms. The summed E-state index contributed by atoms with van der Waals surface area (Å²) in [6, 6.07) is 19.6. The van der Waals surface area contributed by atoms with Crippen LogP contribution in [-0.4, -0.2) is 50.0 Å². The lowest BCUT2D eigenvalue weighted by Crippen LogP contribution is -2.54. The van der Waals surface area contributed by atoms with Gasteiger partial charge in [0.25, 0.3) is 0 Å². The average Bonchev–Trinajstić information content (AvgIpc) is 2.86. The second-order valence-electron chi connectivity index (χ2n) is 9.24. The smallest absolute Gasteiger partial charge is 0.244 e. The van der Waals surface area contributed by atoms with Gasteiger partial charge in [-0.1, -0.05) is 60.7 Å². The Morgan fingerprint density at radius 2 is 1.45 bits per heavy atom. The minimum absolute atomic E-state index is 0.0259. The number of nitrogens with zero attached hydrogens (tertiary/aromatic N) is 2. The van der Waals surface area contributed by atoms with Gasteiger partial charge in [0.05, 0.1) is 11.9 Å². The first kappa shape index (κ1) is 28.8. The second-order valence-corrected chi connectivity index (χ2v) is 11.2. The first-order chi connectivity index (χ1) is 18.0. The number of anilines is 1. The average molecular weight is 544 g/mol. The van der Waals surface area contributed by atoms with Crippen LogP contribution in [0.1, 0.15) is 25.0 Å². The lowest BCUT2D eigenvalue weighted by molar-refractivity contribution is -0.140. The van der Waals surface area contributed by atoms with E-state index in [-0.39, 0.29) is 24.7 Å². The van der Waals surface area contributed by atoms with Crippen molar-refractivity contribution in [2.45, 2.75) is 38.9 Å². The van der Waals surface area contributed by atoms with Crippen LogP contribution >= 0.6 is 0 Å². The summed E-state index contributed by atoms with van der Waals surface area (Å²) >= 11 is 0. The fourth-order valence-corrected chi connectivity index (χ4v) is 4.81. The molecule has 0 saturated carbocycles. The van der Waals surface area contributed by atoms with Crippen molar-refractivity contribution >= 4 is 27.5 Å². The number of sulfonamides is 1. The van der Waals surface area contributed by atoms with Crippen molar-refractivity contribution in [2.75, 3.05) is 17.1 Å². The van der Waals surface area contributed by atoms with Crippen LogP contribution in [0, 0.1) is 11.6 Å². The van der Waals surface area contributed by atoms with Gasteiger partial charge in [-0.25, -0.2) is 17.2 Å². The quantitative estimate of drug-likeness (QED) is 0.398. The number of amides is 2. The Morgan fingerprint density at radius 3 is 1.97 bits per heavy atom. The molecule has 0 aliphatic rings. The Labute approximate surface area is 222 Å². The molecule has 1 N–H and O–H groups in total. The number of hydrogen-bond acceptors (Lipinski definition) is 4. The number of nitrogens with one attached hydrogen (secondary N) is 1. The molecule has 7 nitrogen and oxygen atoms in total. The SMILES string of the molecule is CC(C)NC(=O)C(Cc1ccccc1)N(Cc1ccccc1)C(=O)CN(c1ccc(F)c(F)c1)S(C)(=O)=O. The summed E-state index contributed by atoms with van der Waals surface area (Å²) in [4.78, 5) is 28.6. The molecule has 3 aromatic carbocycles. The predicted octanol–water partition coefficient (Wildman–Crippen LogP) is 3.90. The highest BCUT2D eigenvalue weighted by Gasteiger charge is 2.33. The van der Waals surface area contributed by atoms with Gasteiger partial charge in [0.1, 0.15) is 12.6 Å². The number of halogens is 2. The highest BCUT2D eigenvalue weighted by molar-refractivity contribution is 7.92. The lowest BCUT2D eigenvalue weighted by atomic mass is 10.0. The molecule has 1 atom stereocenters. The largest absolute Gasteiger partial charge is 0.352 e. The van der Waals surface area contributed by atoms with Gasteiger partial charge in [-0.15, -0.1) is 0 Å². The monoisotopic (exact) mass is 543 g/mol. The summed E-state index contributed by atoms with van der Waals surface area (Å²) in [5.74, 6) is -3.47. The fourth-order valence-electron chi connectivity index (χ4n) is 3.97. The third kappa shape index (κ3) is 7.85. The molecule has 0 saturated heterocycles. The molecule has 0 fully saturated rings. The van der Waals surface area contributed by atoms with Crippen molar-refractivity contribution in [1.29, 1.82) is 0 Å². The van der Waals surface area contributed by atoms with Gasteiger partial charge in [-0.05, 0) is 37.1 Å². The van der Waals surface area contributed by atoms with Crippen molar-refractivity contribution in [2.24, 2.45) is 0 Å². The molecule has 0 aliphatic heterocycles. The van der Waals surface area contributed by atoms with Gasteiger partial charge >= 0.3 is 0 Å². The van der Waals surface area contributed by atoms with E-state index in [2.05, 4.69) is 5.32 Å².